The highest BCUT2D eigenvalue weighted by Crippen LogP contribution is 2.36. The molecular formula is C17H21NO4. The van der Waals surface area contributed by atoms with Crippen LogP contribution in [0.15, 0.2) is 30.3 Å². The molecule has 22 heavy (non-hydrogen) atoms. The third-order valence-electron chi connectivity index (χ3n) is 4.94. The van der Waals surface area contributed by atoms with Crippen molar-refractivity contribution >= 4 is 11.9 Å². The second-order valence-corrected chi connectivity index (χ2v) is 6.14. The zero-order valence-corrected chi connectivity index (χ0v) is 12.5. The van der Waals surface area contributed by atoms with Gasteiger partial charge in [-0.25, -0.2) is 0 Å². The standard InChI is InChI=1S/C17H21NO4/c19-15(13-6-11-22-12-13)18-9-7-17(8-10-18,16(20)21)14-4-2-1-3-5-14/h1-5,13H,6-12H2,(H,20,21)/t13-/m0/s1. The first kappa shape index (κ1) is 15.0. The summed E-state index contributed by atoms with van der Waals surface area (Å²) >= 11 is 0. The average Bonchev–Trinajstić information content (AvgIpc) is 3.09. The molecule has 1 amide bonds. The first-order chi connectivity index (χ1) is 10.6. The van der Waals surface area contributed by atoms with Crippen molar-refractivity contribution in [2.75, 3.05) is 26.3 Å². The summed E-state index contributed by atoms with van der Waals surface area (Å²) in [5, 5.41) is 9.76. The summed E-state index contributed by atoms with van der Waals surface area (Å²) in [4.78, 5) is 26.1. The van der Waals surface area contributed by atoms with Crippen LogP contribution in [0.25, 0.3) is 0 Å². The van der Waals surface area contributed by atoms with Gasteiger partial charge in [0.1, 0.15) is 0 Å². The maximum atomic E-state index is 12.4. The van der Waals surface area contributed by atoms with Crippen LogP contribution < -0.4 is 0 Å². The highest BCUT2D eigenvalue weighted by Gasteiger charge is 2.44. The summed E-state index contributed by atoms with van der Waals surface area (Å²) < 4.78 is 5.28. The van der Waals surface area contributed by atoms with E-state index in [4.69, 9.17) is 4.74 Å². The Bertz CT molecular complexity index is 543. The molecule has 2 aliphatic heterocycles. The molecule has 3 rings (SSSR count). The van der Waals surface area contributed by atoms with Gasteiger partial charge in [0.15, 0.2) is 0 Å². The molecule has 0 unspecified atom stereocenters. The predicted octanol–water partition coefficient (Wildman–Crippen LogP) is 1.67. The third kappa shape index (κ3) is 2.61. The van der Waals surface area contributed by atoms with Crippen LogP contribution in [0.1, 0.15) is 24.8 Å². The van der Waals surface area contributed by atoms with Crippen molar-refractivity contribution in [2.24, 2.45) is 5.92 Å². The molecule has 2 heterocycles. The number of ether oxygens (including phenoxy) is 1. The fourth-order valence-corrected chi connectivity index (χ4v) is 3.48. The van der Waals surface area contributed by atoms with Gasteiger partial charge in [-0.3, -0.25) is 9.59 Å². The molecule has 0 radical (unpaired) electrons. The average molecular weight is 303 g/mol. The van der Waals surface area contributed by atoms with Crippen LogP contribution in [-0.2, 0) is 19.7 Å². The zero-order chi connectivity index (χ0) is 15.6. The Hall–Kier alpha value is -1.88. The molecule has 1 aromatic carbocycles. The van der Waals surface area contributed by atoms with Gasteiger partial charge < -0.3 is 14.7 Å². The molecular weight excluding hydrogens is 282 g/mol. The van der Waals surface area contributed by atoms with Crippen molar-refractivity contribution in [1.29, 1.82) is 0 Å². The minimum absolute atomic E-state index is 0.0472. The number of hydrogen-bond acceptors (Lipinski definition) is 3. The van der Waals surface area contributed by atoms with Gasteiger partial charge in [-0.05, 0) is 24.8 Å². The van der Waals surface area contributed by atoms with Gasteiger partial charge in [0, 0.05) is 19.7 Å². The number of nitrogens with zero attached hydrogens (tertiary/aromatic N) is 1. The smallest absolute Gasteiger partial charge is 0.314 e. The highest BCUT2D eigenvalue weighted by molar-refractivity contribution is 5.83. The largest absolute Gasteiger partial charge is 0.481 e. The van der Waals surface area contributed by atoms with Crippen molar-refractivity contribution in [3.63, 3.8) is 0 Å². The van der Waals surface area contributed by atoms with E-state index in [1.54, 1.807) is 0 Å². The molecule has 1 aromatic rings. The molecule has 2 fully saturated rings. The van der Waals surface area contributed by atoms with Gasteiger partial charge in [0.05, 0.1) is 17.9 Å². The fraction of sp³-hybridized carbons (Fsp3) is 0.529. The van der Waals surface area contributed by atoms with Crippen LogP contribution in [0.3, 0.4) is 0 Å². The Morgan fingerprint density at radius 1 is 1.18 bits per heavy atom. The first-order valence-electron chi connectivity index (χ1n) is 7.79. The van der Waals surface area contributed by atoms with E-state index in [2.05, 4.69) is 0 Å². The Kier molecular flexibility index (Phi) is 4.16. The normalized spacial score (nSPS) is 24.2. The molecule has 0 spiro atoms. The number of hydrogen-bond donors (Lipinski definition) is 1. The van der Waals surface area contributed by atoms with Crippen LogP contribution in [0.2, 0.25) is 0 Å². The minimum Gasteiger partial charge on any atom is -0.481 e. The molecule has 1 N–H and O–H groups in total. The summed E-state index contributed by atoms with van der Waals surface area (Å²) in [5.41, 5.74) is -0.0386. The topological polar surface area (TPSA) is 66.8 Å². The summed E-state index contributed by atoms with van der Waals surface area (Å²) in [6, 6.07) is 9.37. The van der Waals surface area contributed by atoms with Gasteiger partial charge in [-0.1, -0.05) is 30.3 Å². The van der Waals surface area contributed by atoms with E-state index < -0.39 is 11.4 Å². The molecule has 0 saturated carbocycles. The number of carboxylic acid groups (broad SMARTS) is 1. The molecule has 0 aliphatic carbocycles. The Labute approximate surface area is 129 Å². The van der Waals surface area contributed by atoms with Crippen molar-refractivity contribution in [1.82, 2.24) is 4.90 Å². The number of piperidine rings is 1. The van der Waals surface area contributed by atoms with Gasteiger partial charge in [-0.2, -0.15) is 0 Å². The van der Waals surface area contributed by atoms with Gasteiger partial charge in [0.25, 0.3) is 0 Å². The minimum atomic E-state index is -0.871. The fourth-order valence-electron chi connectivity index (χ4n) is 3.48. The predicted molar refractivity (Wildman–Crippen MR) is 80.5 cm³/mol. The van der Waals surface area contributed by atoms with E-state index in [1.165, 1.54) is 0 Å². The first-order valence-corrected chi connectivity index (χ1v) is 7.79. The molecule has 0 aromatic heterocycles. The Morgan fingerprint density at radius 3 is 2.41 bits per heavy atom. The lowest BCUT2D eigenvalue weighted by Gasteiger charge is -2.40. The van der Waals surface area contributed by atoms with E-state index >= 15 is 0 Å². The Balaban J connectivity index is 1.73. The Morgan fingerprint density at radius 2 is 1.86 bits per heavy atom. The van der Waals surface area contributed by atoms with Crippen molar-refractivity contribution in [3.8, 4) is 0 Å². The van der Waals surface area contributed by atoms with Crippen molar-refractivity contribution in [3.05, 3.63) is 35.9 Å². The highest BCUT2D eigenvalue weighted by atomic mass is 16.5. The van der Waals surface area contributed by atoms with E-state index in [-0.39, 0.29) is 11.8 Å². The van der Waals surface area contributed by atoms with Crippen LogP contribution in [0, 0.1) is 5.92 Å². The number of carbonyl (C=O) groups is 2. The second kappa shape index (κ2) is 6.08. The second-order valence-electron chi connectivity index (χ2n) is 6.14. The molecule has 1 atom stereocenters. The van der Waals surface area contributed by atoms with Crippen molar-refractivity contribution < 1.29 is 19.4 Å². The third-order valence-corrected chi connectivity index (χ3v) is 4.94. The summed E-state index contributed by atoms with van der Waals surface area (Å²) in [6.45, 7) is 2.14. The molecule has 5 nitrogen and oxygen atoms in total. The number of rotatable bonds is 3. The van der Waals surface area contributed by atoms with Gasteiger partial charge in [0.2, 0.25) is 5.91 Å². The van der Waals surface area contributed by atoms with E-state index in [0.29, 0.717) is 39.1 Å². The van der Waals surface area contributed by atoms with Crippen molar-refractivity contribution in [2.45, 2.75) is 24.7 Å². The molecule has 0 bridgehead atoms. The van der Waals surface area contributed by atoms with Gasteiger partial charge in [-0.15, -0.1) is 0 Å². The number of aliphatic carboxylic acids is 1. The van der Waals surface area contributed by atoms with E-state index in [1.807, 2.05) is 35.2 Å². The lowest BCUT2D eigenvalue weighted by molar-refractivity contribution is -0.149. The monoisotopic (exact) mass is 303 g/mol. The number of amides is 1. The molecule has 118 valence electrons. The number of carbonyl (C=O) groups excluding carboxylic acids is 1. The lowest BCUT2D eigenvalue weighted by Crippen LogP contribution is -2.50. The zero-order valence-electron chi connectivity index (χ0n) is 12.5. The maximum Gasteiger partial charge on any atom is 0.314 e. The van der Waals surface area contributed by atoms with Crippen LogP contribution in [0.5, 0.6) is 0 Å². The number of benzene rings is 1. The van der Waals surface area contributed by atoms with Crippen LogP contribution >= 0.6 is 0 Å². The maximum absolute atomic E-state index is 12.4. The van der Waals surface area contributed by atoms with Crippen LogP contribution in [0.4, 0.5) is 0 Å². The van der Waals surface area contributed by atoms with E-state index in [9.17, 15) is 14.7 Å². The molecule has 2 aliphatic rings. The molecule has 2 saturated heterocycles. The SMILES string of the molecule is O=C([C@H]1CCOC1)N1CCC(C(=O)O)(c2ccccc2)CC1. The quantitative estimate of drug-likeness (QED) is 0.922. The number of carboxylic acids is 1. The molecule has 5 heteroatoms. The summed E-state index contributed by atoms with van der Waals surface area (Å²) in [7, 11) is 0. The lowest BCUT2D eigenvalue weighted by atomic mass is 9.72. The van der Waals surface area contributed by atoms with Gasteiger partial charge >= 0.3 is 5.97 Å². The summed E-state index contributed by atoms with van der Waals surface area (Å²) in [5.74, 6) is -0.728. The van der Waals surface area contributed by atoms with Crippen LogP contribution in [-0.4, -0.2) is 48.2 Å². The van der Waals surface area contributed by atoms with E-state index in [0.717, 1.165) is 12.0 Å². The number of likely N-dealkylation sites (tertiary alicyclic amines) is 1. The summed E-state index contributed by atoms with van der Waals surface area (Å²) in [6.07, 6.45) is 1.70.